The molecule has 2 nitrogen and oxygen atoms in total. The lowest BCUT2D eigenvalue weighted by Crippen LogP contribution is -2.06. The molecule has 2 N–H and O–H groups in total. The largest absolute Gasteiger partial charge is 0.395 e. The highest BCUT2D eigenvalue weighted by atomic mass is 127. The van der Waals surface area contributed by atoms with E-state index in [1.165, 1.54) is 0 Å². The molecule has 0 amide bonds. The zero-order valence-electron chi connectivity index (χ0n) is 6.35. The number of benzene rings is 1. The van der Waals surface area contributed by atoms with Crippen LogP contribution in [0.15, 0.2) is 18.2 Å². The van der Waals surface area contributed by atoms with Gasteiger partial charge in [0.1, 0.15) is 0 Å². The van der Waals surface area contributed by atoms with Gasteiger partial charge < -0.3 is 10.4 Å². The Hall–Kier alpha value is -0.000000000000000111. The molecule has 4 heteroatoms. The molecule has 0 bridgehead atoms. The third-order valence-electron chi connectivity index (χ3n) is 1.36. The summed E-state index contributed by atoms with van der Waals surface area (Å²) < 4.78 is 1.06. The van der Waals surface area contributed by atoms with Crippen molar-refractivity contribution >= 4 is 39.9 Å². The number of halogens is 2. The molecule has 1 aromatic carbocycles. The summed E-state index contributed by atoms with van der Waals surface area (Å²) in [5, 5.41) is 12.4. The van der Waals surface area contributed by atoms with Crippen molar-refractivity contribution in [3.63, 3.8) is 0 Å². The van der Waals surface area contributed by atoms with E-state index in [4.69, 9.17) is 16.7 Å². The normalized spacial score (nSPS) is 9.92. The molecule has 12 heavy (non-hydrogen) atoms. The molecule has 0 atom stereocenters. The fourth-order valence-electron chi connectivity index (χ4n) is 0.823. The maximum atomic E-state index is 8.58. The predicted octanol–water partition coefficient (Wildman–Crippen LogP) is 2.35. The topological polar surface area (TPSA) is 32.3 Å². The van der Waals surface area contributed by atoms with E-state index in [1.807, 2.05) is 18.2 Å². The Bertz CT molecular complexity index is 267. The summed E-state index contributed by atoms with van der Waals surface area (Å²) >= 11 is 7.97. The molecule has 0 fully saturated rings. The van der Waals surface area contributed by atoms with Crippen molar-refractivity contribution in [3.8, 4) is 0 Å². The van der Waals surface area contributed by atoms with E-state index in [1.54, 1.807) is 0 Å². The quantitative estimate of drug-likeness (QED) is 0.840. The van der Waals surface area contributed by atoms with Gasteiger partial charge in [-0.15, -0.1) is 0 Å². The second-order valence-electron chi connectivity index (χ2n) is 2.27. The first-order chi connectivity index (χ1) is 5.74. The lowest BCUT2D eigenvalue weighted by molar-refractivity contribution is 0.311. The maximum absolute atomic E-state index is 8.58. The molecule has 0 spiro atoms. The third kappa shape index (κ3) is 2.80. The van der Waals surface area contributed by atoms with Crippen LogP contribution in [-0.4, -0.2) is 18.3 Å². The summed E-state index contributed by atoms with van der Waals surface area (Å²) in [6.07, 6.45) is 0. The first kappa shape index (κ1) is 10.1. The zero-order valence-corrected chi connectivity index (χ0v) is 9.26. The van der Waals surface area contributed by atoms with Crippen molar-refractivity contribution in [3.05, 3.63) is 26.8 Å². The van der Waals surface area contributed by atoms with Crippen LogP contribution in [0.3, 0.4) is 0 Å². The SMILES string of the molecule is OCCNc1ccc(Cl)cc1I. The van der Waals surface area contributed by atoms with Gasteiger partial charge >= 0.3 is 0 Å². The van der Waals surface area contributed by atoms with Crippen LogP contribution in [0, 0.1) is 3.57 Å². The molecule has 0 aromatic heterocycles. The van der Waals surface area contributed by atoms with E-state index in [0.717, 1.165) is 14.3 Å². The number of aliphatic hydroxyl groups excluding tert-OH is 1. The molecule has 1 aromatic rings. The van der Waals surface area contributed by atoms with Gasteiger partial charge in [-0.25, -0.2) is 0 Å². The predicted molar refractivity (Wildman–Crippen MR) is 59.7 cm³/mol. The molecule has 0 aliphatic heterocycles. The van der Waals surface area contributed by atoms with Crippen molar-refractivity contribution < 1.29 is 5.11 Å². The molecule has 0 heterocycles. The summed E-state index contributed by atoms with van der Waals surface area (Å²) in [5.74, 6) is 0. The molecular formula is C8H9ClINO. The Morgan fingerprint density at radius 1 is 1.50 bits per heavy atom. The summed E-state index contributed by atoms with van der Waals surface area (Å²) in [4.78, 5) is 0. The molecule has 0 aliphatic rings. The second kappa shape index (κ2) is 4.89. The standard InChI is InChI=1S/C8H9ClINO/c9-6-1-2-8(7(10)5-6)11-3-4-12/h1-2,5,11-12H,3-4H2. The van der Waals surface area contributed by atoms with Crippen LogP contribution in [0.1, 0.15) is 0 Å². The Morgan fingerprint density at radius 3 is 2.83 bits per heavy atom. The van der Waals surface area contributed by atoms with Crippen LogP contribution in [0.5, 0.6) is 0 Å². The number of rotatable bonds is 3. The first-order valence-corrected chi connectivity index (χ1v) is 4.99. The fourth-order valence-corrected chi connectivity index (χ4v) is 1.89. The van der Waals surface area contributed by atoms with Crippen LogP contribution < -0.4 is 5.32 Å². The Labute approximate surface area is 90.1 Å². The summed E-state index contributed by atoms with van der Waals surface area (Å²) in [6.45, 7) is 0.705. The minimum absolute atomic E-state index is 0.138. The van der Waals surface area contributed by atoms with Gasteiger partial charge in [-0.05, 0) is 40.8 Å². The summed E-state index contributed by atoms with van der Waals surface area (Å²) in [7, 11) is 0. The van der Waals surface area contributed by atoms with Gasteiger partial charge in [-0.2, -0.15) is 0 Å². The molecule has 0 radical (unpaired) electrons. The molecule has 0 unspecified atom stereocenters. The van der Waals surface area contributed by atoms with Crippen molar-refractivity contribution in [1.29, 1.82) is 0 Å². The monoisotopic (exact) mass is 297 g/mol. The van der Waals surface area contributed by atoms with Crippen LogP contribution >= 0.6 is 34.2 Å². The highest BCUT2D eigenvalue weighted by Gasteiger charge is 1.98. The summed E-state index contributed by atoms with van der Waals surface area (Å²) in [6, 6.07) is 5.60. The van der Waals surface area contributed by atoms with Gasteiger partial charge in [-0.1, -0.05) is 11.6 Å². The van der Waals surface area contributed by atoms with E-state index in [9.17, 15) is 0 Å². The van der Waals surface area contributed by atoms with E-state index >= 15 is 0 Å². The average molecular weight is 298 g/mol. The van der Waals surface area contributed by atoms with Crippen molar-refractivity contribution in [1.82, 2.24) is 0 Å². The first-order valence-electron chi connectivity index (χ1n) is 3.54. The molecular weight excluding hydrogens is 288 g/mol. The Kier molecular flexibility index (Phi) is 4.11. The number of nitrogens with one attached hydrogen (secondary N) is 1. The van der Waals surface area contributed by atoms with Crippen molar-refractivity contribution in [2.24, 2.45) is 0 Å². The second-order valence-corrected chi connectivity index (χ2v) is 3.87. The highest BCUT2D eigenvalue weighted by molar-refractivity contribution is 14.1. The lowest BCUT2D eigenvalue weighted by Gasteiger charge is -2.06. The lowest BCUT2D eigenvalue weighted by atomic mass is 10.3. The minimum Gasteiger partial charge on any atom is -0.395 e. The zero-order chi connectivity index (χ0) is 8.97. The van der Waals surface area contributed by atoms with Crippen LogP contribution in [0.25, 0.3) is 0 Å². The van der Waals surface area contributed by atoms with E-state index in [0.29, 0.717) is 6.54 Å². The van der Waals surface area contributed by atoms with E-state index < -0.39 is 0 Å². The minimum atomic E-state index is 0.138. The van der Waals surface area contributed by atoms with Crippen LogP contribution in [-0.2, 0) is 0 Å². The third-order valence-corrected chi connectivity index (χ3v) is 2.49. The molecule has 1 rings (SSSR count). The van der Waals surface area contributed by atoms with Crippen LogP contribution in [0.4, 0.5) is 5.69 Å². The van der Waals surface area contributed by atoms with Crippen molar-refractivity contribution in [2.45, 2.75) is 0 Å². The van der Waals surface area contributed by atoms with Gasteiger partial charge in [0.15, 0.2) is 0 Å². The molecule has 66 valence electrons. The van der Waals surface area contributed by atoms with Gasteiger partial charge in [0.25, 0.3) is 0 Å². The van der Waals surface area contributed by atoms with Gasteiger partial charge in [0.05, 0.1) is 6.61 Å². The molecule has 0 aliphatic carbocycles. The fraction of sp³-hybridized carbons (Fsp3) is 0.250. The maximum Gasteiger partial charge on any atom is 0.0604 e. The van der Waals surface area contributed by atoms with Gasteiger partial charge in [0.2, 0.25) is 0 Å². The summed E-state index contributed by atoms with van der Waals surface area (Å²) in [5.41, 5.74) is 1.01. The van der Waals surface area contributed by atoms with E-state index in [2.05, 4.69) is 27.9 Å². The molecule has 0 saturated heterocycles. The number of hydrogen-bond donors (Lipinski definition) is 2. The van der Waals surface area contributed by atoms with Crippen molar-refractivity contribution in [2.75, 3.05) is 18.5 Å². The smallest absolute Gasteiger partial charge is 0.0604 e. The molecule has 0 saturated carbocycles. The van der Waals surface area contributed by atoms with E-state index in [-0.39, 0.29) is 6.61 Å². The van der Waals surface area contributed by atoms with Gasteiger partial charge in [0, 0.05) is 20.8 Å². The Morgan fingerprint density at radius 2 is 2.25 bits per heavy atom. The number of anilines is 1. The van der Waals surface area contributed by atoms with Gasteiger partial charge in [-0.3, -0.25) is 0 Å². The van der Waals surface area contributed by atoms with Crippen LogP contribution in [0.2, 0.25) is 5.02 Å². The Balaban J connectivity index is 2.72. The average Bonchev–Trinajstić information content (AvgIpc) is 2.03. The number of aliphatic hydroxyl groups is 1. The number of hydrogen-bond acceptors (Lipinski definition) is 2. The highest BCUT2D eigenvalue weighted by Crippen LogP contribution is 2.21.